The van der Waals surface area contributed by atoms with Gasteiger partial charge < -0.3 is 5.32 Å². The standard InChI is InChI=1S/C12H7BrF3NOS/c13-8-4-3-7(12(14,15)16)6-9(8)17-11(18)10-2-1-5-19-10/h1-6H,(H,17,18). The van der Waals surface area contributed by atoms with Crippen molar-refractivity contribution in [3.63, 3.8) is 0 Å². The molecular formula is C12H7BrF3NOS. The lowest BCUT2D eigenvalue weighted by Gasteiger charge is -2.11. The van der Waals surface area contributed by atoms with Gasteiger partial charge in [0, 0.05) is 4.47 Å². The third kappa shape index (κ3) is 3.36. The summed E-state index contributed by atoms with van der Waals surface area (Å²) in [5.74, 6) is -0.435. The van der Waals surface area contributed by atoms with Crippen molar-refractivity contribution in [2.45, 2.75) is 6.18 Å². The zero-order chi connectivity index (χ0) is 14.0. The van der Waals surface area contributed by atoms with Gasteiger partial charge in [0.1, 0.15) is 0 Å². The van der Waals surface area contributed by atoms with Crippen LogP contribution in [0.5, 0.6) is 0 Å². The first-order valence-electron chi connectivity index (χ1n) is 5.09. The van der Waals surface area contributed by atoms with Crippen molar-refractivity contribution in [3.05, 3.63) is 50.6 Å². The van der Waals surface area contributed by atoms with Crippen LogP contribution >= 0.6 is 27.3 Å². The Balaban J connectivity index is 2.27. The molecule has 2 nitrogen and oxygen atoms in total. The van der Waals surface area contributed by atoms with Crippen molar-refractivity contribution in [2.24, 2.45) is 0 Å². The highest BCUT2D eigenvalue weighted by Crippen LogP contribution is 2.34. The molecule has 0 bridgehead atoms. The monoisotopic (exact) mass is 349 g/mol. The molecule has 0 aliphatic carbocycles. The molecule has 0 saturated heterocycles. The molecule has 0 spiro atoms. The molecule has 0 saturated carbocycles. The van der Waals surface area contributed by atoms with Crippen molar-refractivity contribution in [1.29, 1.82) is 0 Å². The van der Waals surface area contributed by atoms with Gasteiger partial charge >= 0.3 is 6.18 Å². The predicted octanol–water partition coefficient (Wildman–Crippen LogP) is 4.78. The Morgan fingerprint density at radius 3 is 2.58 bits per heavy atom. The first-order valence-corrected chi connectivity index (χ1v) is 6.77. The number of carbonyl (C=O) groups is 1. The minimum atomic E-state index is -4.44. The van der Waals surface area contributed by atoms with Gasteiger partial charge in [-0.15, -0.1) is 11.3 Å². The van der Waals surface area contributed by atoms with Gasteiger partial charge in [0.2, 0.25) is 0 Å². The Morgan fingerprint density at radius 2 is 2.00 bits per heavy atom. The quantitative estimate of drug-likeness (QED) is 0.830. The zero-order valence-corrected chi connectivity index (χ0v) is 11.7. The van der Waals surface area contributed by atoms with Crippen molar-refractivity contribution in [3.8, 4) is 0 Å². The van der Waals surface area contributed by atoms with E-state index in [1.165, 1.54) is 17.4 Å². The fourth-order valence-corrected chi connectivity index (χ4v) is 2.35. The summed E-state index contributed by atoms with van der Waals surface area (Å²) >= 11 is 4.33. The van der Waals surface area contributed by atoms with E-state index in [4.69, 9.17) is 0 Å². The van der Waals surface area contributed by atoms with E-state index in [-0.39, 0.29) is 5.69 Å². The van der Waals surface area contributed by atoms with E-state index in [0.29, 0.717) is 9.35 Å². The summed E-state index contributed by atoms with van der Waals surface area (Å²) in [6.07, 6.45) is -4.44. The van der Waals surface area contributed by atoms with Gasteiger partial charge in [0.25, 0.3) is 5.91 Å². The summed E-state index contributed by atoms with van der Waals surface area (Å²) < 4.78 is 38.1. The number of halogens is 4. The van der Waals surface area contributed by atoms with Gasteiger partial charge in [-0.1, -0.05) is 6.07 Å². The molecule has 1 N–H and O–H groups in total. The van der Waals surface area contributed by atoms with Crippen molar-refractivity contribution in [2.75, 3.05) is 5.32 Å². The molecule has 1 amide bonds. The molecule has 0 atom stereocenters. The van der Waals surface area contributed by atoms with Crippen LogP contribution in [-0.4, -0.2) is 5.91 Å². The molecule has 7 heteroatoms. The number of nitrogens with one attached hydrogen (secondary N) is 1. The third-order valence-electron chi connectivity index (χ3n) is 2.29. The van der Waals surface area contributed by atoms with Crippen LogP contribution in [0.25, 0.3) is 0 Å². The molecule has 0 radical (unpaired) electrons. The second-order valence-electron chi connectivity index (χ2n) is 3.62. The molecule has 2 aromatic rings. The Hall–Kier alpha value is -1.34. The highest BCUT2D eigenvalue weighted by atomic mass is 79.9. The van der Waals surface area contributed by atoms with E-state index >= 15 is 0 Å². The van der Waals surface area contributed by atoms with Crippen LogP contribution in [0.15, 0.2) is 40.2 Å². The Labute approximate surface area is 119 Å². The average molecular weight is 350 g/mol. The van der Waals surface area contributed by atoms with Crippen LogP contribution in [-0.2, 0) is 6.18 Å². The third-order valence-corrected chi connectivity index (χ3v) is 3.85. The second-order valence-corrected chi connectivity index (χ2v) is 5.43. The van der Waals surface area contributed by atoms with Gasteiger partial charge in [-0.25, -0.2) is 0 Å². The molecule has 1 heterocycles. The SMILES string of the molecule is O=C(Nc1cc(C(F)(F)F)ccc1Br)c1cccs1. The number of alkyl halides is 3. The van der Waals surface area contributed by atoms with E-state index in [2.05, 4.69) is 21.2 Å². The fourth-order valence-electron chi connectivity index (χ4n) is 1.39. The minimum Gasteiger partial charge on any atom is -0.320 e. The number of benzene rings is 1. The maximum Gasteiger partial charge on any atom is 0.416 e. The van der Waals surface area contributed by atoms with Crippen molar-refractivity contribution >= 4 is 38.9 Å². The van der Waals surface area contributed by atoms with Crippen molar-refractivity contribution < 1.29 is 18.0 Å². The summed E-state index contributed by atoms with van der Waals surface area (Å²) in [5, 5.41) is 4.17. The van der Waals surface area contributed by atoms with E-state index in [9.17, 15) is 18.0 Å². The Kier molecular flexibility index (Phi) is 3.96. The predicted molar refractivity (Wildman–Crippen MR) is 71.4 cm³/mol. The molecule has 2 rings (SSSR count). The molecule has 1 aromatic heterocycles. The summed E-state index contributed by atoms with van der Waals surface area (Å²) in [6, 6.07) is 6.40. The number of hydrogen-bond donors (Lipinski definition) is 1. The molecule has 0 fully saturated rings. The fraction of sp³-hybridized carbons (Fsp3) is 0.0833. The Bertz CT molecular complexity index is 596. The van der Waals surface area contributed by atoms with Crippen LogP contribution < -0.4 is 5.32 Å². The van der Waals surface area contributed by atoms with Gasteiger partial charge in [-0.3, -0.25) is 4.79 Å². The molecule has 0 unspecified atom stereocenters. The average Bonchev–Trinajstić information content (AvgIpc) is 2.84. The van der Waals surface area contributed by atoms with E-state index in [1.54, 1.807) is 17.5 Å². The number of amides is 1. The van der Waals surface area contributed by atoms with Gasteiger partial charge in [-0.2, -0.15) is 13.2 Å². The second kappa shape index (κ2) is 5.34. The van der Waals surface area contributed by atoms with E-state index in [1.807, 2.05) is 0 Å². The first kappa shape index (κ1) is 14.1. The molecular weight excluding hydrogens is 343 g/mol. The molecule has 0 aliphatic heterocycles. The van der Waals surface area contributed by atoms with E-state index < -0.39 is 17.6 Å². The maximum atomic E-state index is 12.6. The Morgan fingerprint density at radius 1 is 1.26 bits per heavy atom. The van der Waals surface area contributed by atoms with Gasteiger partial charge in [-0.05, 0) is 45.6 Å². The summed E-state index contributed by atoms with van der Waals surface area (Å²) in [4.78, 5) is 12.2. The van der Waals surface area contributed by atoms with Crippen LogP contribution in [0.3, 0.4) is 0 Å². The molecule has 0 aliphatic rings. The highest BCUT2D eigenvalue weighted by Gasteiger charge is 2.31. The van der Waals surface area contributed by atoms with Crippen LogP contribution in [0, 0.1) is 0 Å². The lowest BCUT2D eigenvalue weighted by Crippen LogP contribution is -2.12. The topological polar surface area (TPSA) is 29.1 Å². The van der Waals surface area contributed by atoms with Crippen LogP contribution in [0.2, 0.25) is 0 Å². The number of hydrogen-bond acceptors (Lipinski definition) is 2. The number of anilines is 1. The largest absolute Gasteiger partial charge is 0.416 e. The normalized spacial score (nSPS) is 11.4. The highest BCUT2D eigenvalue weighted by molar-refractivity contribution is 9.10. The number of rotatable bonds is 2. The molecule has 19 heavy (non-hydrogen) atoms. The summed E-state index contributed by atoms with van der Waals surface area (Å²) in [6.45, 7) is 0. The minimum absolute atomic E-state index is 0.0909. The molecule has 1 aromatic carbocycles. The lowest BCUT2D eigenvalue weighted by atomic mass is 10.2. The first-order chi connectivity index (χ1) is 8.88. The number of carbonyl (C=O) groups excluding carboxylic acids is 1. The number of thiophene rings is 1. The maximum absolute atomic E-state index is 12.6. The molecule has 100 valence electrons. The lowest BCUT2D eigenvalue weighted by molar-refractivity contribution is -0.137. The van der Waals surface area contributed by atoms with E-state index in [0.717, 1.165) is 12.1 Å². The zero-order valence-electron chi connectivity index (χ0n) is 9.29. The van der Waals surface area contributed by atoms with Crippen LogP contribution in [0.4, 0.5) is 18.9 Å². The smallest absolute Gasteiger partial charge is 0.320 e. The summed E-state index contributed by atoms with van der Waals surface area (Å²) in [5.41, 5.74) is -0.717. The van der Waals surface area contributed by atoms with Gasteiger partial charge in [0.05, 0.1) is 16.1 Å². The van der Waals surface area contributed by atoms with Crippen LogP contribution in [0.1, 0.15) is 15.2 Å². The summed E-state index contributed by atoms with van der Waals surface area (Å²) in [7, 11) is 0. The van der Waals surface area contributed by atoms with Crippen molar-refractivity contribution in [1.82, 2.24) is 0 Å². The van der Waals surface area contributed by atoms with Gasteiger partial charge in [0.15, 0.2) is 0 Å².